The number of hydrogen-bond acceptors (Lipinski definition) is 16. The first-order chi connectivity index (χ1) is 44.2. The molecule has 502 valence electrons. The maximum absolute atomic E-state index is 16.3. The van der Waals surface area contributed by atoms with E-state index in [0.717, 1.165) is 92.5 Å². The fraction of sp³-hybridized carbons (Fsp3) is 0.552. The second-order valence-electron chi connectivity index (χ2n) is 26.9. The summed E-state index contributed by atoms with van der Waals surface area (Å²) in [7, 11) is 1.97. The second kappa shape index (κ2) is 29.2. The Hall–Kier alpha value is -7.23. The molecular formula is C67H87F5N14O6S. The number of carbonyl (C=O) groups excluding carboxylic acids is 5. The van der Waals surface area contributed by atoms with Crippen molar-refractivity contribution in [1.82, 2.24) is 55.0 Å². The van der Waals surface area contributed by atoms with Gasteiger partial charge in [0.05, 0.1) is 57.3 Å². The highest BCUT2D eigenvalue weighted by molar-refractivity contribution is 7.13. The number of β-amino-alcohol motifs (C(OH)–C–C–N with tert-alkyl or cyclic N) is 1. The van der Waals surface area contributed by atoms with Crippen LogP contribution in [0.2, 0.25) is 0 Å². The molecule has 5 aliphatic rings. The van der Waals surface area contributed by atoms with E-state index in [1.54, 1.807) is 11.3 Å². The molecule has 5 aromatic rings. The quantitative estimate of drug-likeness (QED) is 0.0632. The first-order valence-electron chi connectivity index (χ1n) is 32.3. The number of carbonyl (C=O) groups is 5. The lowest BCUT2D eigenvalue weighted by Gasteiger charge is -2.44. The molecule has 6 atom stereocenters. The summed E-state index contributed by atoms with van der Waals surface area (Å²) in [6.07, 6.45) is -0.736. The molecule has 0 saturated carbocycles. The van der Waals surface area contributed by atoms with E-state index in [-0.39, 0.29) is 83.8 Å². The number of piperazine rings is 3. The lowest BCUT2D eigenvalue weighted by Crippen LogP contribution is -2.58. The summed E-state index contributed by atoms with van der Waals surface area (Å²) in [5.74, 6) is -3.01. The van der Waals surface area contributed by atoms with Gasteiger partial charge in [-0.25, -0.2) is 23.7 Å². The molecule has 5 amide bonds. The number of likely N-dealkylation sites (tertiary alicyclic amines) is 2. The molecule has 7 heterocycles. The number of anilines is 3. The summed E-state index contributed by atoms with van der Waals surface area (Å²) < 4.78 is 72.4. The van der Waals surface area contributed by atoms with Gasteiger partial charge in [0.25, 0.3) is 5.91 Å². The molecule has 0 bridgehead atoms. The van der Waals surface area contributed by atoms with Gasteiger partial charge in [0.15, 0.2) is 0 Å². The van der Waals surface area contributed by atoms with Crippen LogP contribution in [0, 0.1) is 29.9 Å². The van der Waals surface area contributed by atoms with Crippen LogP contribution < -0.4 is 25.8 Å². The Morgan fingerprint density at radius 3 is 2.04 bits per heavy atom. The molecule has 5 fully saturated rings. The number of alkyl halides is 3. The van der Waals surface area contributed by atoms with Crippen molar-refractivity contribution in [2.75, 3.05) is 127 Å². The Morgan fingerprint density at radius 2 is 1.42 bits per heavy atom. The highest BCUT2D eigenvalue weighted by Gasteiger charge is 2.45. The van der Waals surface area contributed by atoms with E-state index < -0.39 is 64.4 Å². The number of likely N-dealkylation sites (N-methyl/N-ethyl adjacent to an activating group) is 1. The van der Waals surface area contributed by atoms with Gasteiger partial charge in [0.1, 0.15) is 23.7 Å². The number of aryl methyl sites for hydroxylation is 1. The molecule has 10 rings (SSSR count). The molecule has 2 aromatic heterocycles. The summed E-state index contributed by atoms with van der Waals surface area (Å²) in [5.41, 5.74) is 2.44. The maximum atomic E-state index is 16.3. The maximum Gasteiger partial charge on any atom is 0.417 e. The highest BCUT2D eigenvalue weighted by atomic mass is 32.1. The fourth-order valence-corrected chi connectivity index (χ4v) is 14.2. The lowest BCUT2D eigenvalue weighted by atomic mass is 9.85. The number of hydrogen-bond donors (Lipinski definition) is 4. The van der Waals surface area contributed by atoms with Gasteiger partial charge < -0.3 is 50.5 Å². The second-order valence-corrected chi connectivity index (χ2v) is 27.7. The van der Waals surface area contributed by atoms with Crippen LogP contribution in [0.5, 0.6) is 0 Å². The number of nitrogens with zero attached hydrogens (tertiary/aromatic N) is 11. The van der Waals surface area contributed by atoms with E-state index in [1.807, 2.05) is 100.0 Å². The number of thiazole rings is 1. The van der Waals surface area contributed by atoms with E-state index in [2.05, 4.69) is 50.5 Å². The van der Waals surface area contributed by atoms with E-state index >= 15 is 4.39 Å². The number of aromatic nitrogens is 3. The van der Waals surface area contributed by atoms with Crippen molar-refractivity contribution < 1.29 is 51.0 Å². The van der Waals surface area contributed by atoms with Crippen LogP contribution in [0.1, 0.15) is 100 Å². The average molecular weight is 1310 g/mol. The molecule has 0 aliphatic carbocycles. The fourth-order valence-electron chi connectivity index (χ4n) is 13.4. The van der Waals surface area contributed by atoms with Crippen LogP contribution in [-0.4, -0.2) is 221 Å². The predicted molar refractivity (Wildman–Crippen MR) is 347 cm³/mol. The number of aliphatic hydroxyl groups excluding tert-OH is 1. The smallest absolute Gasteiger partial charge is 0.391 e. The summed E-state index contributed by atoms with van der Waals surface area (Å²) in [4.78, 5) is 99.8. The van der Waals surface area contributed by atoms with Crippen molar-refractivity contribution in [2.45, 2.75) is 117 Å². The summed E-state index contributed by atoms with van der Waals surface area (Å²) in [6.45, 7) is 23.1. The van der Waals surface area contributed by atoms with Crippen molar-refractivity contribution >= 4 is 58.2 Å². The number of piperidine rings is 1. The molecule has 93 heavy (non-hydrogen) atoms. The zero-order chi connectivity index (χ0) is 66.6. The summed E-state index contributed by atoms with van der Waals surface area (Å²) in [5, 5.41) is 19.4. The normalized spacial score (nSPS) is 21.6. The summed E-state index contributed by atoms with van der Waals surface area (Å²) >= 11 is 1.57. The van der Waals surface area contributed by atoms with E-state index in [4.69, 9.17) is 0 Å². The van der Waals surface area contributed by atoms with Gasteiger partial charge in [-0.1, -0.05) is 45.0 Å². The van der Waals surface area contributed by atoms with E-state index in [0.29, 0.717) is 64.2 Å². The minimum atomic E-state index is -5.02. The van der Waals surface area contributed by atoms with Crippen LogP contribution in [0.15, 0.2) is 72.5 Å². The van der Waals surface area contributed by atoms with Gasteiger partial charge in [-0.15, -0.1) is 11.3 Å². The van der Waals surface area contributed by atoms with Gasteiger partial charge in [0, 0.05) is 134 Å². The Bertz CT molecular complexity index is 3450. The number of aliphatic hydroxyl groups is 1. The topological polar surface area (TPSA) is 206 Å². The van der Waals surface area contributed by atoms with Gasteiger partial charge in [-0.05, 0) is 113 Å². The van der Waals surface area contributed by atoms with Gasteiger partial charge in [-0.3, -0.25) is 33.8 Å². The zero-order valence-corrected chi connectivity index (χ0v) is 55.1. The number of benzene rings is 3. The third-order valence-corrected chi connectivity index (χ3v) is 20.2. The molecule has 0 radical (unpaired) electrons. The van der Waals surface area contributed by atoms with Gasteiger partial charge in [0.2, 0.25) is 29.6 Å². The first-order valence-corrected chi connectivity index (χ1v) is 33.1. The minimum absolute atomic E-state index is 0.00608. The molecule has 26 heteroatoms. The molecular weight excluding hydrogens is 1220 g/mol. The van der Waals surface area contributed by atoms with Crippen LogP contribution >= 0.6 is 11.3 Å². The van der Waals surface area contributed by atoms with Gasteiger partial charge >= 0.3 is 6.18 Å². The van der Waals surface area contributed by atoms with Crippen molar-refractivity contribution in [2.24, 2.45) is 11.3 Å². The minimum Gasteiger partial charge on any atom is -0.391 e. The van der Waals surface area contributed by atoms with Crippen LogP contribution in [0.4, 0.5) is 39.3 Å². The Morgan fingerprint density at radius 1 is 0.763 bits per heavy atom. The molecule has 0 spiro atoms. The summed E-state index contributed by atoms with van der Waals surface area (Å²) in [6, 6.07) is 10.3. The first kappa shape index (κ1) is 68.6. The van der Waals surface area contributed by atoms with E-state index in [1.165, 1.54) is 29.4 Å². The van der Waals surface area contributed by atoms with Crippen molar-refractivity contribution in [1.29, 1.82) is 0 Å². The monoisotopic (exact) mass is 1310 g/mol. The zero-order valence-electron chi connectivity index (χ0n) is 54.3. The number of halogens is 5. The van der Waals surface area contributed by atoms with Crippen molar-refractivity contribution in [3.05, 3.63) is 107 Å². The van der Waals surface area contributed by atoms with Crippen molar-refractivity contribution in [3.63, 3.8) is 0 Å². The molecule has 4 N–H and O–H groups in total. The predicted octanol–water partition coefficient (Wildman–Crippen LogP) is 7.39. The number of nitrogens with one attached hydrogen (secondary N) is 3. The van der Waals surface area contributed by atoms with Gasteiger partial charge in [-0.2, -0.15) is 13.2 Å². The molecule has 20 nitrogen and oxygen atoms in total. The molecule has 0 unspecified atom stereocenters. The third-order valence-electron chi connectivity index (χ3n) is 19.2. The molecule has 3 aromatic carbocycles. The van der Waals surface area contributed by atoms with E-state index in [9.17, 15) is 46.6 Å². The Kier molecular flexibility index (Phi) is 21.5. The number of rotatable bonds is 18. The average Bonchev–Trinajstić information content (AvgIpc) is 1.82. The van der Waals surface area contributed by atoms with Crippen LogP contribution in [0.3, 0.4) is 0 Å². The Labute approximate surface area is 544 Å². The molecule has 5 aliphatic heterocycles. The largest absolute Gasteiger partial charge is 0.417 e. The standard InChI is InChI=1S/C67H87F5N14O6S/c1-41-35-85(36-42(2)79(41)8)56-32-54(69)52(31-55(56)77-62(90)51-14-13-49(68)29-53(51)67(70,71)72)48-33-73-65(74-34-48)84-27-25-83(26-28-84)59(89)39-81-18-15-45(16-19-81)37-82-23-21-80(22-24-82)20-17-58(88)78-61(66(5,6)7)64(92)86-38-50(87)30-57(86)63(91)76-43(3)46-9-11-47(12-10-46)60-44(4)75-40-93-60/h9-14,29,31-34,40-43,45,50,57,61,87H,15-28,30,35-39H2,1-8H3,(H,76,91)(H,77,90)(H,78,88)/t41-,42+,43-,50+,57-,61+/m0/s1. The number of amides is 5. The van der Waals surface area contributed by atoms with Crippen molar-refractivity contribution in [3.8, 4) is 21.6 Å². The Balaban J connectivity index is 0.644. The van der Waals surface area contributed by atoms with Crippen LogP contribution in [0.25, 0.3) is 21.6 Å². The highest BCUT2D eigenvalue weighted by Crippen LogP contribution is 2.39. The lowest BCUT2D eigenvalue weighted by molar-refractivity contribution is -0.144. The molecule has 5 saturated heterocycles. The SMILES string of the molecule is Cc1ncsc1-c1ccc([C@H](C)NC(=O)[C@@H]2C[C@@H](O)CN2C(=O)[C@@H](NC(=O)CCN2CCN(CC3CCN(CC(=O)N4CCN(c5ncc(-c6cc(NC(=O)c7ccc(F)cc7C(F)(F)F)c(N7C[C@@H](C)N(C)[C@@H](C)C7)cc6F)cn5)CC4)CC3)CC2)C(C)(C)C)cc1. The van der Waals surface area contributed by atoms with Crippen LogP contribution in [-0.2, 0) is 25.4 Å². The third kappa shape index (κ3) is 16.6.